The zero-order valence-corrected chi connectivity index (χ0v) is 51.6. The SMILES string of the molecule is Cc1ncsc1-c1ccc(CNC(=O)[C@@H]2C[C@@H](O)CN2C(=O)[C@@H](NC(=O)CCc2cccc3cc(CO[C@H](C)[C@H](CCC(N)=O)NC(=O)[C@@H]4Cc5cccc6c5N4C(=O)[C@@H](NC(=O)c4cc5cc(C(=O)P(=O)(O)O)ccc5[nH]4)CC6)ccc23)C(C)(C)C)cc1. The summed E-state index contributed by atoms with van der Waals surface area (Å²) in [6.07, 6.45) is -0.281. The van der Waals surface area contributed by atoms with E-state index in [2.05, 4.69) is 31.2 Å². The van der Waals surface area contributed by atoms with E-state index in [9.17, 15) is 57.8 Å². The number of β-amino-alcohol motifs (C(OH)–C–C–N with tert-alkyl or cyclic N) is 1. The number of aromatic nitrogens is 2. The lowest BCUT2D eigenvalue weighted by Gasteiger charge is -2.35. The number of para-hydroxylation sites is 1. The summed E-state index contributed by atoms with van der Waals surface area (Å²) in [5, 5.41) is 24.7. The van der Waals surface area contributed by atoms with E-state index in [4.69, 9.17) is 10.5 Å². The quantitative estimate of drug-likeness (QED) is 0.0343. The van der Waals surface area contributed by atoms with Crippen molar-refractivity contribution >= 4 is 93.2 Å². The average Bonchev–Trinajstić information content (AvgIpc) is 2.03. The van der Waals surface area contributed by atoms with E-state index < -0.39 is 96.4 Å². The van der Waals surface area contributed by atoms with Crippen LogP contribution in [0, 0.1) is 12.3 Å². The van der Waals surface area contributed by atoms with E-state index >= 15 is 0 Å². The Balaban J connectivity index is 0.752. The molecule has 10 rings (SSSR count). The van der Waals surface area contributed by atoms with Crippen LogP contribution in [0.15, 0.2) is 109 Å². The van der Waals surface area contributed by atoms with Gasteiger partial charge in [-0.2, -0.15) is 0 Å². The number of benzene rings is 5. The first-order valence-electron chi connectivity index (χ1n) is 29.5. The molecule has 5 heterocycles. The van der Waals surface area contributed by atoms with Gasteiger partial charge >= 0.3 is 7.60 Å². The normalized spacial score (nSPS) is 18.4. The number of ether oxygens (including phenoxy) is 1. The van der Waals surface area contributed by atoms with Crippen LogP contribution in [-0.2, 0) is 70.5 Å². The maximum absolute atomic E-state index is 14.6. The molecule has 0 radical (unpaired) electrons. The maximum atomic E-state index is 14.6. The lowest BCUT2D eigenvalue weighted by atomic mass is 9.85. The number of fused-ring (bicyclic) bond motifs is 2. The number of rotatable bonds is 22. The number of hydrogen-bond acceptors (Lipinski definition) is 13. The Morgan fingerprint density at radius 2 is 1.62 bits per heavy atom. The molecule has 2 aromatic heterocycles. The van der Waals surface area contributed by atoms with Crippen LogP contribution in [0.1, 0.15) is 114 Å². The van der Waals surface area contributed by atoms with Crippen LogP contribution in [0.2, 0.25) is 0 Å². The van der Waals surface area contributed by atoms with Crippen molar-refractivity contribution in [2.24, 2.45) is 11.1 Å². The molecule has 5 aromatic carbocycles. The molecule has 0 saturated carbocycles. The number of aliphatic hydroxyl groups is 1. The molecule has 24 heteroatoms. The third-order valence-electron chi connectivity index (χ3n) is 16.9. The summed E-state index contributed by atoms with van der Waals surface area (Å²) in [5.74, 6) is -3.46. The molecule has 0 unspecified atom stereocenters. The first-order chi connectivity index (χ1) is 42.3. The minimum Gasteiger partial charge on any atom is -0.391 e. The second-order valence-electron chi connectivity index (χ2n) is 24.3. The van der Waals surface area contributed by atoms with Crippen molar-refractivity contribution in [3.8, 4) is 10.4 Å². The first-order valence-corrected chi connectivity index (χ1v) is 32.0. The number of anilines is 1. The Bertz CT molecular complexity index is 3970. The van der Waals surface area contributed by atoms with Crippen molar-refractivity contribution in [2.75, 3.05) is 11.4 Å². The fraction of sp³-hybridized carbons (Fsp3) is 0.369. The number of nitrogens with zero attached hydrogens (tertiary/aromatic N) is 3. The van der Waals surface area contributed by atoms with Gasteiger partial charge in [0.15, 0.2) is 0 Å². The van der Waals surface area contributed by atoms with E-state index in [0.29, 0.717) is 29.4 Å². The molecule has 0 aliphatic carbocycles. The monoisotopic (exact) mass is 1250 g/mol. The van der Waals surface area contributed by atoms with Crippen molar-refractivity contribution in [3.63, 3.8) is 0 Å². The summed E-state index contributed by atoms with van der Waals surface area (Å²) in [5.41, 5.74) is 12.2. The van der Waals surface area contributed by atoms with Gasteiger partial charge in [0.2, 0.25) is 35.4 Å². The number of carbonyl (C=O) groups is 8. The number of H-pyrrole nitrogens is 1. The van der Waals surface area contributed by atoms with E-state index in [-0.39, 0.29) is 75.4 Å². The van der Waals surface area contributed by atoms with Gasteiger partial charge in [-0.25, -0.2) is 4.98 Å². The number of amides is 7. The molecule has 3 aliphatic heterocycles. The van der Waals surface area contributed by atoms with Crippen molar-refractivity contribution in [3.05, 3.63) is 153 Å². The van der Waals surface area contributed by atoms with Crippen LogP contribution in [0.25, 0.3) is 32.1 Å². The highest BCUT2D eigenvalue weighted by atomic mass is 32.1. The second-order valence-corrected chi connectivity index (χ2v) is 26.7. The Labute approximate surface area is 517 Å². The Kier molecular flexibility index (Phi) is 18.8. The number of likely N-dealkylation sites (tertiary alicyclic amines) is 1. The summed E-state index contributed by atoms with van der Waals surface area (Å²) in [4.78, 5) is 139. The largest absolute Gasteiger partial charge is 0.396 e. The van der Waals surface area contributed by atoms with Crippen molar-refractivity contribution in [2.45, 2.75) is 142 Å². The van der Waals surface area contributed by atoms with Gasteiger partial charge in [-0.05, 0) is 119 Å². The molecule has 7 amide bonds. The van der Waals surface area contributed by atoms with Crippen LogP contribution in [0.4, 0.5) is 5.69 Å². The Morgan fingerprint density at radius 1 is 0.876 bits per heavy atom. The molecule has 0 bridgehead atoms. The summed E-state index contributed by atoms with van der Waals surface area (Å²) in [6, 6.07) is 25.6. The zero-order chi connectivity index (χ0) is 63.6. The number of primary amides is 1. The highest BCUT2D eigenvalue weighted by Crippen LogP contribution is 2.41. The molecule has 7 atom stereocenters. The van der Waals surface area contributed by atoms with Crippen molar-refractivity contribution < 1.29 is 62.6 Å². The van der Waals surface area contributed by atoms with E-state index in [0.717, 1.165) is 54.7 Å². The number of nitrogens with two attached hydrogens (primary N) is 1. The fourth-order valence-corrected chi connectivity index (χ4v) is 13.4. The number of carbonyl (C=O) groups excluding carboxylic acids is 8. The molecule has 10 N–H and O–H groups in total. The minimum absolute atomic E-state index is 0.0315. The molecular formula is C65H72N9O13PS. The lowest BCUT2D eigenvalue weighted by molar-refractivity contribution is -0.144. The summed E-state index contributed by atoms with van der Waals surface area (Å²) in [6.45, 7) is 9.53. The standard InChI is InChI=1S/C65H72N9O13PS/c1-35-57(89-34-68-35)41-15-12-37(13-16-41)31-67-60(79)52-30-46(75)32-73(52)63(82)58(65(3,4)5)72-55(77)25-19-39-8-6-10-42-26-38(14-20-47(39)42)33-87-36(2)48(23-24-54(66)76)70-61(80)53-29-43-11-7-9-40-17-22-50(62(81)74(53)56(40)43)71-59(78)51-28-45-27-44(18-21-49(45)69-51)64(83)88(84,85)86/h6-16,18,20-21,26-28,34,36,46,48,50,52-53,58,69,75H,17,19,22-25,29-33H2,1-5H3,(H2,66,76)(H,67,79)(H,70,80)(H,71,78)(H,72,77)(H2,84,85,86)/t36-,46-,48+,50+,52+,53+,58-/m1/s1. The van der Waals surface area contributed by atoms with Crippen LogP contribution in [-0.4, -0.2) is 126 Å². The van der Waals surface area contributed by atoms with Gasteiger partial charge < -0.3 is 56.5 Å². The number of aryl methyl sites for hydroxylation is 3. The van der Waals surface area contributed by atoms with Crippen LogP contribution in [0.3, 0.4) is 0 Å². The summed E-state index contributed by atoms with van der Waals surface area (Å²) in [7, 11) is -5.06. The molecule has 3 aliphatic rings. The van der Waals surface area contributed by atoms with Gasteiger partial charge in [-0.3, -0.25) is 47.8 Å². The molecular weight excluding hydrogens is 1180 g/mol. The third-order valence-corrected chi connectivity index (χ3v) is 18.6. The predicted octanol–water partition coefficient (Wildman–Crippen LogP) is 6.17. The summed E-state index contributed by atoms with van der Waals surface area (Å²) >= 11 is 1.56. The molecule has 1 fully saturated rings. The minimum atomic E-state index is -5.06. The fourth-order valence-electron chi connectivity index (χ4n) is 12.1. The highest BCUT2D eigenvalue weighted by molar-refractivity contribution is 7.70. The lowest BCUT2D eigenvalue weighted by Crippen LogP contribution is -2.57. The zero-order valence-electron chi connectivity index (χ0n) is 49.9. The van der Waals surface area contributed by atoms with E-state index in [1.54, 1.807) is 23.8 Å². The third kappa shape index (κ3) is 14.4. The smallest absolute Gasteiger partial charge is 0.391 e. The van der Waals surface area contributed by atoms with Gasteiger partial charge in [0.05, 0.1) is 46.6 Å². The topological polar surface area (TPSA) is 333 Å². The molecule has 89 heavy (non-hydrogen) atoms. The highest BCUT2D eigenvalue weighted by Gasteiger charge is 2.46. The number of aliphatic hydroxyl groups excluding tert-OH is 1. The van der Waals surface area contributed by atoms with Crippen LogP contribution < -0.4 is 31.9 Å². The van der Waals surface area contributed by atoms with Crippen LogP contribution in [0.5, 0.6) is 0 Å². The van der Waals surface area contributed by atoms with Crippen LogP contribution >= 0.6 is 18.9 Å². The Hall–Kier alpha value is -8.44. The average molecular weight is 1250 g/mol. The predicted molar refractivity (Wildman–Crippen MR) is 334 cm³/mol. The number of thiazole rings is 1. The van der Waals surface area contributed by atoms with E-state index in [1.165, 1.54) is 34.1 Å². The van der Waals surface area contributed by atoms with Gasteiger partial charge in [-0.15, -0.1) is 11.3 Å². The molecule has 1 saturated heterocycles. The van der Waals surface area contributed by atoms with Gasteiger partial charge in [0.25, 0.3) is 11.4 Å². The first kappa shape index (κ1) is 63.6. The number of nitrogens with one attached hydrogen (secondary N) is 5. The second kappa shape index (κ2) is 26.3. The number of aromatic amines is 1. The molecule has 466 valence electrons. The Morgan fingerprint density at radius 3 is 2.34 bits per heavy atom. The van der Waals surface area contributed by atoms with E-state index in [1.807, 2.05) is 107 Å². The molecule has 0 spiro atoms. The number of hydrogen-bond donors (Lipinski definition) is 9. The molecule has 22 nitrogen and oxygen atoms in total. The maximum Gasteiger partial charge on any atom is 0.396 e. The van der Waals surface area contributed by atoms with Crippen molar-refractivity contribution in [1.82, 2.24) is 36.1 Å². The molecule has 7 aromatic rings. The van der Waals surface area contributed by atoms with Gasteiger partial charge in [0.1, 0.15) is 29.9 Å². The summed E-state index contributed by atoms with van der Waals surface area (Å²) < 4.78 is 18.0. The van der Waals surface area contributed by atoms with Gasteiger partial charge in [0, 0.05) is 55.2 Å². The van der Waals surface area contributed by atoms with Crippen molar-refractivity contribution in [1.29, 1.82) is 0 Å². The van der Waals surface area contributed by atoms with Gasteiger partial charge in [-0.1, -0.05) is 93.6 Å².